The second kappa shape index (κ2) is 9.57. The molecule has 0 spiro atoms. The van der Waals surface area contributed by atoms with Crippen molar-refractivity contribution in [3.8, 4) is 5.69 Å². The highest BCUT2D eigenvalue weighted by Crippen LogP contribution is 2.60. The molecule has 1 aromatic heterocycles. The van der Waals surface area contributed by atoms with Crippen molar-refractivity contribution >= 4 is 57.8 Å². The first-order valence-electron chi connectivity index (χ1n) is 13.8. The first-order valence-corrected chi connectivity index (χ1v) is 15.4. The summed E-state index contributed by atoms with van der Waals surface area (Å²) in [6, 6.07) is 16.7. The molecule has 1 amide bonds. The number of amides is 1. The van der Waals surface area contributed by atoms with Crippen molar-refractivity contribution in [1.82, 2.24) is 9.88 Å². The van der Waals surface area contributed by atoms with Gasteiger partial charge in [0.2, 0.25) is 0 Å². The minimum absolute atomic E-state index is 0.150. The summed E-state index contributed by atoms with van der Waals surface area (Å²) < 4.78 is 2.29. The summed E-state index contributed by atoms with van der Waals surface area (Å²) in [7, 11) is 0. The number of rotatable bonds is 4. The van der Waals surface area contributed by atoms with Gasteiger partial charge in [0.15, 0.2) is 5.17 Å². The highest BCUT2D eigenvalue weighted by Gasteiger charge is 2.51. The minimum Gasteiger partial charge on any atom is -0.318 e. The summed E-state index contributed by atoms with van der Waals surface area (Å²) in [5, 5.41) is 4.30. The maximum Gasteiger partial charge on any atom is 0.264 e. The van der Waals surface area contributed by atoms with Gasteiger partial charge in [-0.25, -0.2) is 4.99 Å². The molecule has 2 heterocycles. The topological polar surface area (TPSA) is 46.4 Å². The molecule has 4 aliphatic carbocycles. The van der Waals surface area contributed by atoms with Gasteiger partial charge in [-0.1, -0.05) is 35.3 Å². The molecule has 5 fully saturated rings. The molecule has 200 valence electrons. The lowest BCUT2D eigenvalue weighted by Crippen LogP contribution is -2.48. The summed E-state index contributed by atoms with van der Waals surface area (Å²) in [6.07, 6.45) is 10.5. The Balaban J connectivity index is 1.13. The number of aryl methyl sites for hydroxylation is 1. The Morgan fingerprint density at radius 1 is 0.949 bits per heavy atom. The van der Waals surface area contributed by atoms with Gasteiger partial charge in [0.25, 0.3) is 5.91 Å². The van der Waals surface area contributed by atoms with Crippen molar-refractivity contribution in [3.05, 3.63) is 86.0 Å². The molecule has 8 rings (SSSR count). The average molecular weight is 577 g/mol. The highest BCUT2D eigenvalue weighted by molar-refractivity contribution is 8.18. The second-order valence-electron chi connectivity index (χ2n) is 12.0. The van der Waals surface area contributed by atoms with E-state index in [1.807, 2.05) is 6.08 Å². The molecule has 4 saturated carbocycles. The molecule has 4 bridgehead atoms. The number of aliphatic imine (C=N–C) groups is 1. The van der Waals surface area contributed by atoms with Crippen LogP contribution in [0.2, 0.25) is 10.0 Å². The number of nitrogens with zero attached hydrogens (tertiary/aromatic N) is 2. The van der Waals surface area contributed by atoms with Crippen molar-refractivity contribution in [1.29, 1.82) is 0 Å². The summed E-state index contributed by atoms with van der Waals surface area (Å²) in [5.74, 6) is 2.69. The largest absolute Gasteiger partial charge is 0.318 e. The van der Waals surface area contributed by atoms with Crippen molar-refractivity contribution in [2.75, 3.05) is 0 Å². The summed E-state index contributed by atoms with van der Waals surface area (Å²) in [4.78, 5) is 17.9. The second-order valence-corrected chi connectivity index (χ2v) is 13.8. The van der Waals surface area contributed by atoms with E-state index < -0.39 is 0 Å². The van der Waals surface area contributed by atoms with E-state index in [1.165, 1.54) is 56.0 Å². The lowest BCUT2D eigenvalue weighted by molar-refractivity contribution is -0.115. The number of hydrogen-bond acceptors (Lipinski definition) is 3. The molecule has 1 saturated heterocycles. The molecule has 5 aliphatic rings. The van der Waals surface area contributed by atoms with Crippen LogP contribution in [0.4, 0.5) is 5.69 Å². The average Bonchev–Trinajstić information content (AvgIpc) is 3.37. The molecule has 0 unspecified atom stereocenters. The summed E-state index contributed by atoms with van der Waals surface area (Å²) in [6.45, 7) is 4.25. The molecular weight excluding hydrogens is 545 g/mol. The van der Waals surface area contributed by atoms with Gasteiger partial charge in [0.05, 0.1) is 20.6 Å². The fraction of sp³-hybridized carbons (Fsp3) is 0.375. The van der Waals surface area contributed by atoms with E-state index in [-0.39, 0.29) is 5.91 Å². The fourth-order valence-electron chi connectivity index (χ4n) is 8.05. The van der Waals surface area contributed by atoms with E-state index in [9.17, 15) is 4.79 Å². The van der Waals surface area contributed by atoms with Crippen LogP contribution in [-0.4, -0.2) is 15.6 Å². The van der Waals surface area contributed by atoms with Crippen molar-refractivity contribution < 1.29 is 4.79 Å². The number of carbonyl (C=O) groups is 1. The Labute approximate surface area is 243 Å². The molecule has 3 aromatic rings. The first kappa shape index (κ1) is 25.5. The van der Waals surface area contributed by atoms with Crippen LogP contribution < -0.4 is 5.32 Å². The number of aromatic nitrogens is 1. The summed E-state index contributed by atoms with van der Waals surface area (Å²) in [5.41, 5.74) is 7.07. The normalized spacial score (nSPS) is 29.5. The van der Waals surface area contributed by atoms with Crippen molar-refractivity contribution in [2.45, 2.75) is 57.8 Å². The van der Waals surface area contributed by atoms with E-state index >= 15 is 0 Å². The van der Waals surface area contributed by atoms with Gasteiger partial charge in [0, 0.05) is 17.1 Å². The van der Waals surface area contributed by atoms with Crippen LogP contribution in [0.3, 0.4) is 0 Å². The first-order chi connectivity index (χ1) is 18.8. The highest BCUT2D eigenvalue weighted by atomic mass is 35.5. The zero-order valence-electron chi connectivity index (χ0n) is 22.1. The molecule has 4 nitrogen and oxygen atoms in total. The summed E-state index contributed by atoms with van der Waals surface area (Å²) >= 11 is 13.5. The van der Waals surface area contributed by atoms with E-state index in [0.717, 1.165) is 34.7 Å². The molecule has 1 N–H and O–H groups in total. The molecule has 39 heavy (non-hydrogen) atoms. The molecular formula is C32H31Cl2N3OS. The van der Waals surface area contributed by atoms with E-state index in [1.54, 1.807) is 23.8 Å². The van der Waals surface area contributed by atoms with Crippen LogP contribution in [0.15, 0.2) is 58.4 Å². The maximum atomic E-state index is 12.7. The van der Waals surface area contributed by atoms with E-state index in [2.05, 4.69) is 59.1 Å². The van der Waals surface area contributed by atoms with Crippen molar-refractivity contribution in [3.63, 3.8) is 0 Å². The Kier molecular flexibility index (Phi) is 6.26. The number of hydrogen-bond donors (Lipinski definition) is 1. The molecule has 0 atom stereocenters. The number of benzene rings is 2. The Hall–Kier alpha value is -2.47. The Morgan fingerprint density at radius 3 is 2.26 bits per heavy atom. The fourth-order valence-corrected chi connectivity index (χ4v) is 9.18. The van der Waals surface area contributed by atoms with Crippen LogP contribution in [0.5, 0.6) is 0 Å². The van der Waals surface area contributed by atoms with Gasteiger partial charge in [0.1, 0.15) is 0 Å². The van der Waals surface area contributed by atoms with Crippen LogP contribution in [0.1, 0.15) is 61.0 Å². The van der Waals surface area contributed by atoms with Crippen LogP contribution in [0.25, 0.3) is 11.8 Å². The smallest absolute Gasteiger partial charge is 0.264 e. The number of carbonyl (C=O) groups excluding carboxylic acids is 1. The predicted molar refractivity (Wildman–Crippen MR) is 162 cm³/mol. The van der Waals surface area contributed by atoms with Gasteiger partial charge in [-0.05, 0) is 141 Å². The van der Waals surface area contributed by atoms with Gasteiger partial charge in [-0.3, -0.25) is 4.79 Å². The van der Waals surface area contributed by atoms with Gasteiger partial charge in [-0.2, -0.15) is 0 Å². The maximum absolute atomic E-state index is 12.7. The van der Waals surface area contributed by atoms with Crippen LogP contribution in [-0.2, 0) is 10.2 Å². The third kappa shape index (κ3) is 4.57. The van der Waals surface area contributed by atoms with Gasteiger partial charge in [-0.15, -0.1) is 0 Å². The molecule has 7 heteroatoms. The lowest BCUT2D eigenvalue weighted by atomic mass is 9.48. The number of amidine groups is 1. The van der Waals surface area contributed by atoms with Crippen LogP contribution in [0, 0.1) is 31.6 Å². The van der Waals surface area contributed by atoms with Crippen molar-refractivity contribution in [2.24, 2.45) is 22.7 Å². The van der Waals surface area contributed by atoms with Gasteiger partial charge < -0.3 is 9.88 Å². The Morgan fingerprint density at radius 2 is 1.62 bits per heavy atom. The molecule has 0 radical (unpaired) electrons. The molecule has 2 aromatic carbocycles. The zero-order chi connectivity index (χ0) is 26.9. The minimum atomic E-state index is -0.150. The number of nitrogens with one attached hydrogen (secondary N) is 1. The lowest BCUT2D eigenvalue weighted by Gasteiger charge is -2.57. The monoisotopic (exact) mass is 575 g/mol. The third-order valence-electron chi connectivity index (χ3n) is 9.32. The standard InChI is InChI=1S/C32H31Cl2N3OS/c1-18-9-23(13-29-30(38)36-31(39-29)35-25-5-8-27(33)28(34)14-25)19(2)37(18)26-6-3-24(4-7-26)32-15-20-10-21(16-32)12-22(11-20)17-32/h3-9,13-14,20-22H,10-12,15-17H2,1-2H3,(H,35,36,38)/b29-13-. The third-order valence-corrected chi connectivity index (χ3v) is 11.0. The quantitative estimate of drug-likeness (QED) is 0.316. The van der Waals surface area contributed by atoms with Gasteiger partial charge >= 0.3 is 0 Å². The van der Waals surface area contributed by atoms with Crippen LogP contribution >= 0.6 is 35.0 Å². The van der Waals surface area contributed by atoms with E-state index in [4.69, 9.17) is 23.2 Å². The number of halogens is 2. The SMILES string of the molecule is Cc1cc(/C=C2\SC(=Nc3ccc(Cl)c(Cl)c3)NC2=O)c(C)n1-c1ccc(C23CC4CC(CC(C4)C2)C3)cc1. The van der Waals surface area contributed by atoms with E-state index in [0.29, 0.717) is 31.2 Å². The number of thioether (sulfide) groups is 1. The molecule has 1 aliphatic heterocycles. The Bertz CT molecular complexity index is 1520. The zero-order valence-corrected chi connectivity index (χ0v) is 24.5. The predicted octanol–water partition coefficient (Wildman–Crippen LogP) is 8.76.